The van der Waals surface area contributed by atoms with E-state index in [-0.39, 0.29) is 22.8 Å². The van der Waals surface area contributed by atoms with Gasteiger partial charge in [-0.15, -0.1) is 0 Å². The van der Waals surface area contributed by atoms with E-state index < -0.39 is 16.0 Å². The number of hydrogen-bond donors (Lipinski definition) is 1. The molecule has 0 heterocycles. The number of esters is 1. The van der Waals surface area contributed by atoms with Crippen LogP contribution in [0, 0.1) is 0 Å². The molecule has 0 saturated carbocycles. The topological polar surface area (TPSA) is 72.5 Å². The van der Waals surface area contributed by atoms with Gasteiger partial charge in [-0.1, -0.05) is 27.5 Å². The summed E-state index contributed by atoms with van der Waals surface area (Å²) in [7, 11) is -3.85. The average molecular weight is 419 g/mol. The minimum Gasteiger partial charge on any atom is -0.462 e. The van der Waals surface area contributed by atoms with Gasteiger partial charge in [0.1, 0.15) is 0 Å². The summed E-state index contributed by atoms with van der Waals surface area (Å²) in [5.41, 5.74) is 0.264. The highest BCUT2D eigenvalue weighted by Gasteiger charge is 2.19. The van der Waals surface area contributed by atoms with Crippen molar-refractivity contribution in [3.05, 3.63) is 57.5 Å². The molecule has 5 nitrogen and oxygen atoms in total. The number of benzene rings is 2. The zero-order valence-electron chi connectivity index (χ0n) is 12.0. The van der Waals surface area contributed by atoms with Crippen molar-refractivity contribution in [2.24, 2.45) is 0 Å². The smallest absolute Gasteiger partial charge is 0.340 e. The number of halogens is 2. The highest BCUT2D eigenvalue weighted by Crippen LogP contribution is 2.25. The van der Waals surface area contributed by atoms with Crippen LogP contribution in [0.1, 0.15) is 17.3 Å². The van der Waals surface area contributed by atoms with Crippen LogP contribution in [0.3, 0.4) is 0 Å². The van der Waals surface area contributed by atoms with Crippen LogP contribution >= 0.6 is 27.5 Å². The van der Waals surface area contributed by atoms with Gasteiger partial charge in [-0.3, -0.25) is 4.72 Å². The normalized spacial score (nSPS) is 11.1. The zero-order chi connectivity index (χ0) is 17.0. The van der Waals surface area contributed by atoms with Gasteiger partial charge in [0.25, 0.3) is 10.0 Å². The van der Waals surface area contributed by atoms with Crippen LogP contribution in [0.25, 0.3) is 0 Å². The molecule has 2 aromatic carbocycles. The van der Waals surface area contributed by atoms with Crippen LogP contribution in [0.15, 0.2) is 51.8 Å². The fourth-order valence-electron chi connectivity index (χ4n) is 1.80. The third kappa shape index (κ3) is 4.46. The average Bonchev–Trinajstić information content (AvgIpc) is 2.49. The van der Waals surface area contributed by atoms with Crippen LogP contribution in [0.5, 0.6) is 0 Å². The van der Waals surface area contributed by atoms with Crippen molar-refractivity contribution in [3.63, 3.8) is 0 Å². The maximum atomic E-state index is 12.4. The summed E-state index contributed by atoms with van der Waals surface area (Å²) in [5, 5.41) is 0.430. The molecule has 1 N–H and O–H groups in total. The first-order valence-electron chi connectivity index (χ1n) is 6.58. The van der Waals surface area contributed by atoms with E-state index in [4.69, 9.17) is 16.3 Å². The molecule has 2 aromatic rings. The lowest BCUT2D eigenvalue weighted by Gasteiger charge is -2.12. The maximum Gasteiger partial charge on any atom is 0.340 e. The molecule has 8 heteroatoms. The molecule has 0 bridgehead atoms. The van der Waals surface area contributed by atoms with Gasteiger partial charge in [0.05, 0.1) is 22.8 Å². The summed E-state index contributed by atoms with van der Waals surface area (Å²) >= 11 is 9.01. The Balaban J connectivity index is 2.39. The van der Waals surface area contributed by atoms with Gasteiger partial charge < -0.3 is 4.74 Å². The first kappa shape index (κ1) is 17.8. The highest BCUT2D eigenvalue weighted by molar-refractivity contribution is 9.10. The Kier molecular flexibility index (Phi) is 5.67. The molecule has 0 aliphatic heterocycles. The van der Waals surface area contributed by atoms with E-state index in [1.54, 1.807) is 13.0 Å². The summed E-state index contributed by atoms with van der Waals surface area (Å²) in [6.45, 7) is 1.86. The fourth-order valence-corrected chi connectivity index (χ4v) is 3.37. The molecule has 0 aliphatic carbocycles. The van der Waals surface area contributed by atoms with E-state index in [0.717, 1.165) is 0 Å². The predicted molar refractivity (Wildman–Crippen MR) is 92.4 cm³/mol. The number of nitrogens with one attached hydrogen (secondary N) is 1. The molecule has 2 rings (SSSR count). The SMILES string of the molecule is CCOC(=O)c1cc(Br)ccc1NS(=O)(=O)c1ccc(Cl)cc1. The van der Waals surface area contributed by atoms with Gasteiger partial charge in [-0.05, 0) is 49.4 Å². The molecule has 0 radical (unpaired) electrons. The summed E-state index contributed by atoms with van der Waals surface area (Å²) < 4.78 is 32.8. The van der Waals surface area contributed by atoms with E-state index in [9.17, 15) is 13.2 Å². The van der Waals surface area contributed by atoms with Crippen molar-refractivity contribution in [1.29, 1.82) is 0 Å². The van der Waals surface area contributed by atoms with Crippen LogP contribution in [0.4, 0.5) is 5.69 Å². The van der Waals surface area contributed by atoms with Gasteiger partial charge >= 0.3 is 5.97 Å². The van der Waals surface area contributed by atoms with Crippen molar-refractivity contribution < 1.29 is 17.9 Å². The summed E-state index contributed by atoms with van der Waals surface area (Å²) in [5.74, 6) is -0.609. The van der Waals surface area contributed by atoms with Crippen LogP contribution in [0.2, 0.25) is 5.02 Å². The standard InChI is InChI=1S/C15H13BrClNO4S/c1-2-22-15(19)13-9-10(16)3-8-14(13)18-23(20,21)12-6-4-11(17)5-7-12/h3-9,18H,2H2,1H3. The largest absolute Gasteiger partial charge is 0.462 e. The predicted octanol–water partition coefficient (Wildman–Crippen LogP) is 4.08. The first-order valence-corrected chi connectivity index (χ1v) is 9.24. The second-order valence-corrected chi connectivity index (χ2v) is 7.50. The molecule has 0 unspecified atom stereocenters. The van der Waals surface area contributed by atoms with Crippen LogP contribution in [-0.4, -0.2) is 21.0 Å². The van der Waals surface area contributed by atoms with E-state index in [1.807, 2.05) is 0 Å². The van der Waals surface area contributed by atoms with Crippen molar-refractivity contribution in [2.75, 3.05) is 11.3 Å². The first-order chi connectivity index (χ1) is 10.8. The number of rotatable bonds is 5. The lowest BCUT2D eigenvalue weighted by molar-refractivity contribution is 0.0527. The molecule has 0 fully saturated rings. The summed E-state index contributed by atoms with van der Waals surface area (Å²) in [6, 6.07) is 10.3. The zero-order valence-corrected chi connectivity index (χ0v) is 15.2. The number of carbonyl (C=O) groups excluding carboxylic acids is 1. The Bertz CT molecular complexity index is 822. The van der Waals surface area contributed by atoms with Gasteiger partial charge in [-0.25, -0.2) is 13.2 Å². The molecule has 0 spiro atoms. The molecular weight excluding hydrogens is 406 g/mol. The monoisotopic (exact) mass is 417 g/mol. The summed E-state index contributed by atoms with van der Waals surface area (Å²) in [6.07, 6.45) is 0. The minimum atomic E-state index is -3.85. The third-order valence-electron chi connectivity index (χ3n) is 2.85. The van der Waals surface area contributed by atoms with E-state index in [1.165, 1.54) is 36.4 Å². The third-order valence-corrected chi connectivity index (χ3v) is 4.97. The second kappa shape index (κ2) is 7.33. The Morgan fingerprint density at radius 2 is 1.87 bits per heavy atom. The molecule has 0 saturated heterocycles. The lowest BCUT2D eigenvalue weighted by atomic mass is 10.2. The van der Waals surface area contributed by atoms with Gasteiger partial charge in [0.15, 0.2) is 0 Å². The highest BCUT2D eigenvalue weighted by atomic mass is 79.9. The number of anilines is 1. The Hall–Kier alpha value is -1.57. The van der Waals surface area contributed by atoms with E-state index >= 15 is 0 Å². The number of carbonyl (C=O) groups is 1. The number of hydrogen-bond acceptors (Lipinski definition) is 4. The molecule has 122 valence electrons. The Morgan fingerprint density at radius 3 is 2.48 bits per heavy atom. The van der Waals surface area contributed by atoms with Crippen molar-refractivity contribution in [2.45, 2.75) is 11.8 Å². The maximum absolute atomic E-state index is 12.4. The quantitative estimate of drug-likeness (QED) is 0.743. The van der Waals surface area contributed by atoms with Crippen molar-refractivity contribution in [1.82, 2.24) is 0 Å². The molecule has 0 aliphatic rings. The molecule has 23 heavy (non-hydrogen) atoms. The second-order valence-electron chi connectivity index (χ2n) is 4.47. The Morgan fingerprint density at radius 1 is 1.22 bits per heavy atom. The van der Waals surface area contributed by atoms with Crippen LogP contribution in [-0.2, 0) is 14.8 Å². The fraction of sp³-hybridized carbons (Fsp3) is 0.133. The van der Waals surface area contributed by atoms with Crippen molar-refractivity contribution >= 4 is 49.2 Å². The molecule has 0 amide bonds. The van der Waals surface area contributed by atoms with E-state index in [0.29, 0.717) is 9.50 Å². The number of sulfonamides is 1. The van der Waals surface area contributed by atoms with Crippen molar-refractivity contribution in [3.8, 4) is 0 Å². The van der Waals surface area contributed by atoms with E-state index in [2.05, 4.69) is 20.7 Å². The Labute approximate surface area is 147 Å². The molecule has 0 aromatic heterocycles. The van der Waals surface area contributed by atoms with Gasteiger partial charge in [0, 0.05) is 9.50 Å². The van der Waals surface area contributed by atoms with Crippen LogP contribution < -0.4 is 4.72 Å². The van der Waals surface area contributed by atoms with Gasteiger partial charge in [-0.2, -0.15) is 0 Å². The summed E-state index contributed by atoms with van der Waals surface area (Å²) in [4.78, 5) is 12.0. The lowest BCUT2D eigenvalue weighted by Crippen LogP contribution is -2.16. The molecule has 0 atom stereocenters. The number of ether oxygens (including phenoxy) is 1. The molecular formula is C15H13BrClNO4S. The minimum absolute atomic E-state index is 0.0413. The van der Waals surface area contributed by atoms with Gasteiger partial charge in [0.2, 0.25) is 0 Å².